The molecule has 0 saturated heterocycles. The van der Waals surface area contributed by atoms with Crippen molar-refractivity contribution >= 4 is 32.7 Å². The number of para-hydroxylation sites is 2. The SMILES string of the molecule is O=[N+]([O-])c1ccccc1NN=S=S. The molecule has 1 rings (SSSR count). The van der Waals surface area contributed by atoms with E-state index in [1.807, 2.05) is 0 Å². The minimum absolute atomic E-state index is 0.0182. The first kappa shape index (κ1) is 9.75. The van der Waals surface area contributed by atoms with E-state index in [2.05, 4.69) is 21.1 Å². The van der Waals surface area contributed by atoms with Crippen LogP contribution in [0, 0.1) is 10.1 Å². The van der Waals surface area contributed by atoms with Gasteiger partial charge in [-0.05, 0) is 6.07 Å². The Kier molecular flexibility index (Phi) is 3.47. The number of hydrogen-bond acceptors (Lipinski definition) is 4. The summed E-state index contributed by atoms with van der Waals surface area (Å²) in [4.78, 5) is 10.00. The molecule has 0 aliphatic carbocycles. The topological polar surface area (TPSA) is 67.5 Å². The Hall–Kier alpha value is -1.34. The van der Waals surface area contributed by atoms with Gasteiger partial charge in [-0.1, -0.05) is 12.1 Å². The summed E-state index contributed by atoms with van der Waals surface area (Å²) in [6.07, 6.45) is 0. The molecule has 1 aromatic carbocycles. The molecule has 13 heavy (non-hydrogen) atoms. The van der Waals surface area contributed by atoms with Gasteiger partial charge in [-0.3, -0.25) is 15.5 Å². The van der Waals surface area contributed by atoms with Crippen LogP contribution >= 0.6 is 0 Å². The second kappa shape index (κ2) is 4.63. The average molecular weight is 215 g/mol. The highest BCUT2D eigenvalue weighted by Crippen LogP contribution is 2.22. The molecular weight excluding hydrogens is 210 g/mol. The molecule has 1 aromatic rings. The predicted octanol–water partition coefficient (Wildman–Crippen LogP) is 1.65. The van der Waals surface area contributed by atoms with Crippen LogP contribution in [0.2, 0.25) is 0 Å². The monoisotopic (exact) mass is 215 g/mol. The number of rotatable bonds is 3. The van der Waals surface area contributed by atoms with Gasteiger partial charge in [0, 0.05) is 17.3 Å². The van der Waals surface area contributed by atoms with Crippen molar-refractivity contribution in [2.75, 3.05) is 5.43 Å². The van der Waals surface area contributed by atoms with Crippen molar-refractivity contribution in [2.24, 2.45) is 4.47 Å². The van der Waals surface area contributed by atoms with Gasteiger partial charge < -0.3 is 0 Å². The maximum atomic E-state index is 10.5. The lowest BCUT2D eigenvalue weighted by Gasteiger charge is -1.98. The van der Waals surface area contributed by atoms with E-state index in [1.165, 1.54) is 6.07 Å². The van der Waals surface area contributed by atoms with Gasteiger partial charge in [-0.25, -0.2) is 0 Å². The highest BCUT2D eigenvalue weighted by atomic mass is 32.8. The van der Waals surface area contributed by atoms with Gasteiger partial charge in [0.15, 0.2) is 0 Å². The molecule has 0 saturated carbocycles. The molecule has 0 atom stereocenters. The standard InChI is InChI=1S/C6H5N3O2S2/c10-9(11)6-4-2-1-3-5(6)7-8-13-12/h1-4,7H. The maximum Gasteiger partial charge on any atom is 0.294 e. The van der Waals surface area contributed by atoms with Crippen molar-refractivity contribution in [1.82, 2.24) is 0 Å². The van der Waals surface area contributed by atoms with Gasteiger partial charge in [-0.2, -0.15) is 0 Å². The third kappa shape index (κ3) is 2.56. The third-order valence-corrected chi connectivity index (χ3v) is 1.69. The lowest BCUT2D eigenvalue weighted by molar-refractivity contribution is -0.384. The molecule has 1 N–H and O–H groups in total. The Morgan fingerprint density at radius 2 is 2.23 bits per heavy atom. The van der Waals surface area contributed by atoms with Crippen LogP contribution in [0.1, 0.15) is 0 Å². The fraction of sp³-hybridized carbons (Fsp3) is 0. The van der Waals surface area contributed by atoms with Gasteiger partial charge in [0.1, 0.15) is 5.69 Å². The summed E-state index contributed by atoms with van der Waals surface area (Å²) in [7, 11) is 0.792. The molecule has 0 amide bonds. The fourth-order valence-electron chi connectivity index (χ4n) is 0.795. The second-order valence-corrected chi connectivity index (χ2v) is 2.83. The van der Waals surface area contributed by atoms with Crippen LogP contribution in [0.5, 0.6) is 0 Å². The first-order valence-electron chi connectivity index (χ1n) is 3.24. The first-order valence-corrected chi connectivity index (χ1v) is 4.94. The summed E-state index contributed by atoms with van der Waals surface area (Å²) in [6, 6.07) is 6.22. The summed E-state index contributed by atoms with van der Waals surface area (Å²) in [6.45, 7) is 0. The van der Waals surface area contributed by atoms with E-state index in [1.54, 1.807) is 18.2 Å². The Morgan fingerprint density at radius 1 is 1.54 bits per heavy atom. The van der Waals surface area contributed by atoms with Crippen LogP contribution in [0.3, 0.4) is 0 Å². The molecule has 0 aromatic heterocycles. The molecule has 0 aliphatic heterocycles. The van der Waals surface area contributed by atoms with E-state index in [-0.39, 0.29) is 5.69 Å². The minimum atomic E-state index is -0.480. The molecule has 0 heterocycles. The van der Waals surface area contributed by atoms with Crippen LogP contribution < -0.4 is 5.43 Å². The maximum absolute atomic E-state index is 10.5. The number of nitrogens with zero attached hydrogens (tertiary/aromatic N) is 2. The van der Waals surface area contributed by atoms with Gasteiger partial charge in [0.25, 0.3) is 5.69 Å². The minimum Gasteiger partial charge on any atom is -0.260 e. The Morgan fingerprint density at radius 3 is 2.85 bits per heavy atom. The number of benzene rings is 1. The summed E-state index contributed by atoms with van der Waals surface area (Å²) >= 11 is 4.48. The number of hydrogen-bond donors (Lipinski definition) is 1. The molecule has 68 valence electrons. The Bertz CT molecular complexity index is 376. The van der Waals surface area contributed by atoms with Crippen LogP contribution in [-0.4, -0.2) is 4.92 Å². The van der Waals surface area contributed by atoms with Crippen molar-refractivity contribution in [3.63, 3.8) is 0 Å². The van der Waals surface area contributed by atoms with Crippen LogP contribution in [-0.2, 0) is 21.3 Å². The molecule has 0 bridgehead atoms. The molecule has 5 nitrogen and oxygen atoms in total. The van der Waals surface area contributed by atoms with Gasteiger partial charge in [-0.15, -0.1) is 4.47 Å². The summed E-state index contributed by atoms with van der Waals surface area (Å²) < 4.78 is 3.56. The largest absolute Gasteiger partial charge is 0.294 e. The van der Waals surface area contributed by atoms with E-state index in [4.69, 9.17) is 0 Å². The van der Waals surface area contributed by atoms with E-state index in [0.29, 0.717) is 5.69 Å². The summed E-state index contributed by atoms with van der Waals surface area (Å²) in [5.74, 6) is 0. The lowest BCUT2D eigenvalue weighted by Crippen LogP contribution is -1.94. The zero-order valence-corrected chi connectivity index (χ0v) is 7.97. The highest BCUT2D eigenvalue weighted by Gasteiger charge is 2.10. The second-order valence-electron chi connectivity index (χ2n) is 2.05. The Balaban J connectivity index is 3.04. The van der Waals surface area contributed by atoms with Crippen LogP contribution in [0.15, 0.2) is 28.7 Å². The van der Waals surface area contributed by atoms with E-state index >= 15 is 0 Å². The smallest absolute Gasteiger partial charge is 0.260 e. The zero-order chi connectivity index (χ0) is 9.68. The first-order chi connectivity index (χ1) is 6.25. The van der Waals surface area contributed by atoms with Crippen molar-refractivity contribution < 1.29 is 4.92 Å². The molecule has 0 fully saturated rings. The fourth-order valence-corrected chi connectivity index (χ4v) is 1.04. The van der Waals surface area contributed by atoms with Crippen LogP contribution in [0.4, 0.5) is 11.4 Å². The molecule has 0 aliphatic rings. The third-order valence-electron chi connectivity index (χ3n) is 1.30. The molecule has 0 spiro atoms. The zero-order valence-electron chi connectivity index (χ0n) is 6.34. The van der Waals surface area contributed by atoms with Gasteiger partial charge >= 0.3 is 0 Å². The lowest BCUT2D eigenvalue weighted by atomic mass is 10.3. The van der Waals surface area contributed by atoms with E-state index < -0.39 is 4.92 Å². The highest BCUT2D eigenvalue weighted by molar-refractivity contribution is 8.12. The van der Waals surface area contributed by atoms with E-state index in [9.17, 15) is 10.1 Å². The summed E-state index contributed by atoms with van der Waals surface area (Å²) in [5, 5.41) is 10.5. The quantitative estimate of drug-likeness (QED) is 0.615. The van der Waals surface area contributed by atoms with Crippen molar-refractivity contribution in [2.45, 2.75) is 0 Å². The number of nitro groups is 1. The van der Waals surface area contributed by atoms with Crippen molar-refractivity contribution in [3.05, 3.63) is 34.4 Å². The number of anilines is 1. The molecule has 0 unspecified atom stereocenters. The summed E-state index contributed by atoms with van der Waals surface area (Å²) in [5.41, 5.74) is 2.81. The van der Waals surface area contributed by atoms with Crippen LogP contribution in [0.25, 0.3) is 0 Å². The van der Waals surface area contributed by atoms with Gasteiger partial charge in [0.05, 0.1) is 15.0 Å². The van der Waals surface area contributed by atoms with Crippen molar-refractivity contribution in [3.8, 4) is 0 Å². The number of nitro benzene ring substituents is 1. The molecule has 7 heteroatoms. The average Bonchev–Trinajstić information content (AvgIpc) is 2.15. The predicted molar refractivity (Wildman–Crippen MR) is 53.9 cm³/mol. The molecule has 0 radical (unpaired) electrons. The molecular formula is C6H5N3O2S2. The number of nitrogens with one attached hydrogen (secondary N) is 1. The van der Waals surface area contributed by atoms with E-state index in [0.717, 1.165) is 10.1 Å². The van der Waals surface area contributed by atoms with Gasteiger partial charge in [0.2, 0.25) is 0 Å². The Labute approximate surface area is 82.3 Å². The van der Waals surface area contributed by atoms with Crippen molar-refractivity contribution in [1.29, 1.82) is 0 Å². The normalized spacial score (nSPS) is 8.92.